The molecule has 1 aliphatic heterocycles. The molecule has 1 amide bonds. The SMILES string of the molecule is CC/C=C\C/C=C\C/C=C\CCCCCC(=O)NC(COC1OC(CO)C(O)C(O)C1O)C(O)CCCCCCCCCCCC. The lowest BCUT2D eigenvalue weighted by Gasteiger charge is -2.40. The molecular weight excluding hydrogens is 586 g/mol. The summed E-state index contributed by atoms with van der Waals surface area (Å²) in [5.74, 6) is -0.178. The third kappa shape index (κ3) is 19.9. The number of hydrogen-bond acceptors (Lipinski definition) is 8. The smallest absolute Gasteiger partial charge is 0.220 e. The molecule has 0 saturated carbocycles. The number of rotatable bonds is 28. The molecule has 9 nitrogen and oxygen atoms in total. The van der Waals surface area contributed by atoms with Gasteiger partial charge in [0.05, 0.1) is 25.4 Å². The summed E-state index contributed by atoms with van der Waals surface area (Å²) in [5, 5.41) is 53.9. The van der Waals surface area contributed by atoms with Gasteiger partial charge in [-0.25, -0.2) is 0 Å². The predicted molar refractivity (Wildman–Crippen MR) is 184 cm³/mol. The summed E-state index contributed by atoms with van der Waals surface area (Å²) in [4.78, 5) is 12.8. The van der Waals surface area contributed by atoms with Crippen molar-refractivity contribution in [3.05, 3.63) is 36.5 Å². The number of hydrogen-bond donors (Lipinski definition) is 6. The molecule has 46 heavy (non-hydrogen) atoms. The van der Waals surface area contributed by atoms with E-state index in [9.17, 15) is 30.3 Å². The van der Waals surface area contributed by atoms with Gasteiger partial charge in [-0.1, -0.05) is 121 Å². The molecule has 7 unspecified atom stereocenters. The van der Waals surface area contributed by atoms with Crippen LogP contribution in [0.4, 0.5) is 0 Å². The number of allylic oxidation sites excluding steroid dienone is 6. The Bertz CT molecular complexity index is 817. The highest BCUT2D eigenvalue weighted by Crippen LogP contribution is 2.23. The molecule has 0 aliphatic carbocycles. The zero-order valence-electron chi connectivity index (χ0n) is 28.8. The van der Waals surface area contributed by atoms with Crippen LogP contribution in [0.25, 0.3) is 0 Å². The van der Waals surface area contributed by atoms with E-state index in [0.717, 1.165) is 64.2 Å². The van der Waals surface area contributed by atoms with Gasteiger partial charge in [0.2, 0.25) is 5.91 Å². The Morgan fingerprint density at radius 1 is 0.761 bits per heavy atom. The second-order valence-electron chi connectivity index (χ2n) is 12.6. The zero-order chi connectivity index (χ0) is 33.8. The molecular formula is C37H67NO8. The van der Waals surface area contributed by atoms with Crippen LogP contribution in [0, 0.1) is 0 Å². The van der Waals surface area contributed by atoms with Crippen LogP contribution in [-0.4, -0.2) is 87.5 Å². The van der Waals surface area contributed by atoms with Crippen LogP contribution in [-0.2, 0) is 14.3 Å². The minimum absolute atomic E-state index is 0.151. The maximum atomic E-state index is 12.8. The number of unbranched alkanes of at least 4 members (excludes halogenated alkanes) is 12. The summed E-state index contributed by atoms with van der Waals surface area (Å²) in [6.07, 6.45) is 24.4. The quantitative estimate of drug-likeness (QED) is 0.0461. The fourth-order valence-electron chi connectivity index (χ4n) is 5.52. The molecule has 1 aliphatic rings. The van der Waals surface area contributed by atoms with E-state index in [2.05, 4.69) is 55.6 Å². The number of aliphatic hydroxyl groups excluding tert-OH is 5. The Balaban J connectivity index is 2.48. The van der Waals surface area contributed by atoms with Crippen molar-refractivity contribution >= 4 is 5.91 Å². The van der Waals surface area contributed by atoms with E-state index in [4.69, 9.17) is 9.47 Å². The number of ether oxygens (including phenoxy) is 2. The lowest BCUT2D eigenvalue weighted by atomic mass is 9.99. The van der Waals surface area contributed by atoms with Crippen LogP contribution < -0.4 is 5.32 Å². The van der Waals surface area contributed by atoms with Gasteiger partial charge in [0.25, 0.3) is 0 Å². The Morgan fingerprint density at radius 3 is 1.98 bits per heavy atom. The highest BCUT2D eigenvalue weighted by molar-refractivity contribution is 5.76. The van der Waals surface area contributed by atoms with E-state index in [0.29, 0.717) is 12.8 Å². The van der Waals surface area contributed by atoms with Gasteiger partial charge in [0, 0.05) is 6.42 Å². The zero-order valence-corrected chi connectivity index (χ0v) is 28.8. The third-order valence-corrected chi connectivity index (χ3v) is 8.51. The molecule has 268 valence electrons. The maximum Gasteiger partial charge on any atom is 0.220 e. The first-order valence-corrected chi connectivity index (χ1v) is 18.2. The normalized spacial score (nSPS) is 23.5. The fourth-order valence-corrected chi connectivity index (χ4v) is 5.52. The van der Waals surface area contributed by atoms with Crippen molar-refractivity contribution in [2.45, 2.75) is 179 Å². The molecule has 9 heteroatoms. The summed E-state index contributed by atoms with van der Waals surface area (Å²) >= 11 is 0. The van der Waals surface area contributed by atoms with E-state index in [1.807, 2.05) is 0 Å². The molecule has 0 aromatic carbocycles. The molecule has 0 spiro atoms. The summed E-state index contributed by atoms with van der Waals surface area (Å²) in [7, 11) is 0. The first kappa shape index (κ1) is 42.4. The lowest BCUT2D eigenvalue weighted by molar-refractivity contribution is -0.302. The second kappa shape index (κ2) is 28.4. The Hall–Kier alpha value is -1.59. The molecule has 6 N–H and O–H groups in total. The van der Waals surface area contributed by atoms with E-state index in [-0.39, 0.29) is 12.5 Å². The van der Waals surface area contributed by atoms with Crippen LogP contribution in [0.15, 0.2) is 36.5 Å². The van der Waals surface area contributed by atoms with Crippen molar-refractivity contribution in [1.29, 1.82) is 0 Å². The Labute approximate surface area is 279 Å². The summed E-state index contributed by atoms with van der Waals surface area (Å²) in [5.41, 5.74) is 0. The van der Waals surface area contributed by atoms with E-state index >= 15 is 0 Å². The van der Waals surface area contributed by atoms with Gasteiger partial charge in [0.1, 0.15) is 24.4 Å². The monoisotopic (exact) mass is 653 g/mol. The summed E-state index contributed by atoms with van der Waals surface area (Å²) in [6.45, 7) is 3.64. The minimum Gasteiger partial charge on any atom is -0.394 e. The molecule has 0 radical (unpaired) electrons. The number of aliphatic hydroxyl groups is 5. The first-order chi connectivity index (χ1) is 22.3. The van der Waals surface area contributed by atoms with Crippen LogP contribution in [0.1, 0.15) is 136 Å². The van der Waals surface area contributed by atoms with E-state index in [1.54, 1.807) is 0 Å². The summed E-state index contributed by atoms with van der Waals surface area (Å²) < 4.78 is 11.2. The second-order valence-corrected chi connectivity index (χ2v) is 12.6. The molecule has 1 fully saturated rings. The van der Waals surface area contributed by atoms with Gasteiger partial charge >= 0.3 is 0 Å². The van der Waals surface area contributed by atoms with Crippen LogP contribution in [0.5, 0.6) is 0 Å². The molecule has 0 aromatic rings. The average Bonchev–Trinajstić information content (AvgIpc) is 3.05. The van der Waals surface area contributed by atoms with Crippen LogP contribution in [0.2, 0.25) is 0 Å². The largest absolute Gasteiger partial charge is 0.394 e. The van der Waals surface area contributed by atoms with Crippen molar-refractivity contribution in [1.82, 2.24) is 5.32 Å². The van der Waals surface area contributed by atoms with Gasteiger partial charge in [-0.3, -0.25) is 4.79 Å². The molecule has 0 aromatic heterocycles. The van der Waals surface area contributed by atoms with Crippen molar-refractivity contribution in [3.8, 4) is 0 Å². The minimum atomic E-state index is -1.56. The van der Waals surface area contributed by atoms with Gasteiger partial charge < -0.3 is 40.3 Å². The van der Waals surface area contributed by atoms with E-state index in [1.165, 1.54) is 44.9 Å². The number of amides is 1. The highest BCUT2D eigenvalue weighted by Gasteiger charge is 2.44. The van der Waals surface area contributed by atoms with Crippen LogP contribution >= 0.6 is 0 Å². The van der Waals surface area contributed by atoms with Crippen molar-refractivity contribution in [2.24, 2.45) is 0 Å². The van der Waals surface area contributed by atoms with Crippen molar-refractivity contribution in [2.75, 3.05) is 13.2 Å². The topological polar surface area (TPSA) is 149 Å². The van der Waals surface area contributed by atoms with Crippen LogP contribution in [0.3, 0.4) is 0 Å². The predicted octanol–water partition coefficient (Wildman–Crippen LogP) is 5.77. The molecule has 0 bridgehead atoms. The average molecular weight is 654 g/mol. The van der Waals surface area contributed by atoms with Gasteiger partial charge in [-0.15, -0.1) is 0 Å². The number of carbonyl (C=O) groups is 1. The number of nitrogens with one attached hydrogen (secondary N) is 1. The molecule has 7 atom stereocenters. The molecule has 1 heterocycles. The van der Waals surface area contributed by atoms with Gasteiger partial charge in [-0.05, 0) is 44.9 Å². The standard InChI is InChI=1S/C37H67NO8/c1-3-5-7-9-11-13-15-16-17-19-21-23-25-27-33(41)38-30(29-45-37-36(44)35(43)34(42)32(28-39)46-37)31(40)26-24-22-20-18-14-12-10-8-6-4-2/h5,7,11,13,16-17,30-32,34-37,39-40,42-44H,3-4,6,8-10,12,14-15,18-29H2,1-2H3,(H,38,41)/b7-5-,13-11-,17-16-. The van der Waals surface area contributed by atoms with Gasteiger partial charge in [-0.2, -0.15) is 0 Å². The van der Waals surface area contributed by atoms with E-state index < -0.39 is 49.5 Å². The fraction of sp³-hybridized carbons (Fsp3) is 0.811. The van der Waals surface area contributed by atoms with Gasteiger partial charge in [0.15, 0.2) is 6.29 Å². The lowest BCUT2D eigenvalue weighted by Crippen LogP contribution is -2.60. The van der Waals surface area contributed by atoms with Crippen molar-refractivity contribution < 1.29 is 39.8 Å². The number of carbonyl (C=O) groups excluding carboxylic acids is 1. The Morgan fingerprint density at radius 2 is 1.35 bits per heavy atom. The van der Waals surface area contributed by atoms with Crippen molar-refractivity contribution in [3.63, 3.8) is 0 Å². The highest BCUT2D eigenvalue weighted by atomic mass is 16.7. The Kier molecular flexibility index (Phi) is 26.2. The molecule has 1 rings (SSSR count). The maximum absolute atomic E-state index is 12.8. The first-order valence-electron chi connectivity index (χ1n) is 18.2. The third-order valence-electron chi connectivity index (χ3n) is 8.51. The molecule has 1 saturated heterocycles. The summed E-state index contributed by atoms with van der Waals surface area (Å²) in [6, 6.07) is -0.730.